The van der Waals surface area contributed by atoms with Crippen LogP contribution in [0, 0.1) is 6.92 Å². The molecule has 150 valence electrons. The number of ether oxygens (including phenoxy) is 1. The van der Waals surface area contributed by atoms with E-state index in [0.29, 0.717) is 24.5 Å². The minimum absolute atomic E-state index is 0.0836. The summed E-state index contributed by atoms with van der Waals surface area (Å²) in [5.41, 5.74) is 2.37. The lowest BCUT2D eigenvalue weighted by Crippen LogP contribution is -2.38. The number of aryl methyl sites for hydroxylation is 1. The molecule has 0 aliphatic heterocycles. The third kappa shape index (κ3) is 6.57. The summed E-state index contributed by atoms with van der Waals surface area (Å²) in [6.07, 6.45) is 3.35. The van der Waals surface area contributed by atoms with Gasteiger partial charge in [0.1, 0.15) is 12.4 Å². The number of aliphatic carboxylic acids is 1. The number of rotatable bonds is 10. The highest BCUT2D eigenvalue weighted by Gasteiger charge is 2.20. The van der Waals surface area contributed by atoms with Gasteiger partial charge in [-0.3, -0.25) is 14.6 Å². The smallest absolute Gasteiger partial charge is 0.305 e. The second kappa shape index (κ2) is 10.3. The Morgan fingerprint density at radius 2 is 1.93 bits per heavy atom. The predicted molar refractivity (Wildman–Crippen MR) is 108 cm³/mol. The minimum Gasteiger partial charge on any atom is -0.492 e. The third-order valence-electron chi connectivity index (χ3n) is 4.13. The van der Waals surface area contributed by atoms with E-state index < -0.39 is 5.97 Å². The maximum Gasteiger partial charge on any atom is 0.305 e. The van der Waals surface area contributed by atoms with Crippen molar-refractivity contribution in [3.8, 4) is 5.75 Å². The van der Waals surface area contributed by atoms with E-state index in [9.17, 15) is 9.59 Å². The Morgan fingerprint density at radius 1 is 1.21 bits per heavy atom. The molecule has 7 nitrogen and oxygen atoms in total. The highest BCUT2D eigenvalue weighted by Crippen LogP contribution is 2.19. The summed E-state index contributed by atoms with van der Waals surface area (Å²) in [5, 5.41) is 12.2. The minimum atomic E-state index is -0.923. The molecule has 0 radical (unpaired) electrons. The fraction of sp³-hybridized carbons (Fsp3) is 0.381. The molecule has 0 unspecified atom stereocenters. The number of amides is 1. The highest BCUT2D eigenvalue weighted by molar-refractivity contribution is 5.95. The van der Waals surface area contributed by atoms with Gasteiger partial charge in [-0.1, -0.05) is 0 Å². The highest BCUT2D eigenvalue weighted by atomic mass is 16.5. The molecular formula is C21H27N3O4. The van der Waals surface area contributed by atoms with Gasteiger partial charge in [-0.05, 0) is 56.7 Å². The first-order valence-corrected chi connectivity index (χ1v) is 9.28. The molecule has 0 spiro atoms. The van der Waals surface area contributed by atoms with Crippen molar-refractivity contribution in [3.05, 3.63) is 53.9 Å². The number of aromatic nitrogens is 1. The zero-order chi connectivity index (χ0) is 20.5. The van der Waals surface area contributed by atoms with Gasteiger partial charge in [-0.15, -0.1) is 0 Å². The summed E-state index contributed by atoms with van der Waals surface area (Å²) in [6, 6.07) is 9.03. The van der Waals surface area contributed by atoms with Crippen LogP contribution < -0.4 is 10.1 Å². The van der Waals surface area contributed by atoms with Crippen LogP contribution in [0.15, 0.2) is 42.7 Å². The van der Waals surface area contributed by atoms with Crippen molar-refractivity contribution in [1.82, 2.24) is 9.88 Å². The molecule has 0 atom stereocenters. The largest absolute Gasteiger partial charge is 0.492 e. The zero-order valence-corrected chi connectivity index (χ0v) is 16.5. The molecule has 2 aromatic rings. The Morgan fingerprint density at radius 3 is 2.57 bits per heavy atom. The Balaban J connectivity index is 2.00. The molecule has 7 heteroatoms. The number of nitrogens with one attached hydrogen (secondary N) is 1. The molecule has 0 fully saturated rings. The first kappa shape index (κ1) is 21.2. The van der Waals surface area contributed by atoms with Crippen LogP contribution in [0.4, 0.5) is 5.69 Å². The van der Waals surface area contributed by atoms with Gasteiger partial charge in [-0.25, -0.2) is 0 Å². The van der Waals surface area contributed by atoms with Crippen molar-refractivity contribution in [3.63, 3.8) is 0 Å². The van der Waals surface area contributed by atoms with Gasteiger partial charge < -0.3 is 20.1 Å². The molecule has 0 aliphatic carbocycles. The van der Waals surface area contributed by atoms with Gasteiger partial charge in [0.05, 0.1) is 6.42 Å². The fourth-order valence-corrected chi connectivity index (χ4v) is 2.76. The molecular weight excluding hydrogens is 358 g/mol. The molecule has 0 saturated carbocycles. The van der Waals surface area contributed by atoms with Crippen LogP contribution in [0.3, 0.4) is 0 Å². The molecule has 28 heavy (non-hydrogen) atoms. The van der Waals surface area contributed by atoms with Crippen molar-refractivity contribution >= 4 is 17.6 Å². The Hall–Kier alpha value is -3.09. The third-order valence-corrected chi connectivity index (χ3v) is 4.13. The number of anilines is 1. The number of hydrogen-bond acceptors (Lipinski definition) is 5. The van der Waals surface area contributed by atoms with Crippen LogP contribution in [0.2, 0.25) is 0 Å². The van der Waals surface area contributed by atoms with Crippen LogP contribution >= 0.6 is 0 Å². The van der Waals surface area contributed by atoms with Gasteiger partial charge in [0, 0.05) is 42.8 Å². The van der Waals surface area contributed by atoms with Crippen LogP contribution in [0.25, 0.3) is 0 Å². The molecule has 2 N–H and O–H groups in total. The summed E-state index contributed by atoms with van der Waals surface area (Å²) < 4.78 is 5.79. The predicted octanol–water partition coefficient (Wildman–Crippen LogP) is 3.21. The molecule has 0 saturated heterocycles. The van der Waals surface area contributed by atoms with Gasteiger partial charge in [0.25, 0.3) is 5.91 Å². The lowest BCUT2D eigenvalue weighted by atomic mass is 10.1. The second-order valence-corrected chi connectivity index (χ2v) is 6.78. The van der Waals surface area contributed by atoms with E-state index in [1.165, 1.54) is 0 Å². The second-order valence-electron chi connectivity index (χ2n) is 6.78. The van der Waals surface area contributed by atoms with E-state index in [0.717, 1.165) is 11.3 Å². The summed E-state index contributed by atoms with van der Waals surface area (Å²) in [4.78, 5) is 29.3. The average Bonchev–Trinajstić information content (AvgIpc) is 2.65. The molecule has 1 aromatic heterocycles. The maximum absolute atomic E-state index is 12.9. The number of benzene rings is 1. The Bertz CT molecular complexity index is 793. The first-order chi connectivity index (χ1) is 13.4. The van der Waals surface area contributed by atoms with E-state index >= 15 is 0 Å². The number of carboxylic acids is 1. The topological polar surface area (TPSA) is 91.8 Å². The molecule has 1 aromatic carbocycles. The summed E-state index contributed by atoms with van der Waals surface area (Å²) in [7, 11) is 0. The van der Waals surface area contributed by atoms with E-state index in [1.807, 2.05) is 39.0 Å². The maximum atomic E-state index is 12.9. The number of nitrogens with zero attached hydrogens (tertiary/aromatic N) is 2. The number of pyridine rings is 1. The number of carbonyl (C=O) groups excluding carboxylic acids is 1. The lowest BCUT2D eigenvalue weighted by molar-refractivity contribution is -0.137. The quantitative estimate of drug-likeness (QED) is 0.610. The first-order valence-electron chi connectivity index (χ1n) is 9.28. The fourth-order valence-electron chi connectivity index (χ4n) is 2.76. The number of carbonyl (C=O) groups is 2. The van der Waals surface area contributed by atoms with Crippen molar-refractivity contribution in [2.75, 3.05) is 25.0 Å². The van der Waals surface area contributed by atoms with Gasteiger partial charge in [0.2, 0.25) is 0 Å². The molecule has 1 amide bonds. The van der Waals surface area contributed by atoms with E-state index in [4.69, 9.17) is 9.84 Å². The standard InChI is InChI=1S/C21H27N3O4/c1-15(2)24(10-6-20(25)26)21(27)17-12-16(3)13-19(14-17)28-11-9-23-18-4-7-22-8-5-18/h4-5,7-8,12-15H,6,9-11H2,1-3H3,(H,22,23)(H,25,26). The number of hydrogen-bond donors (Lipinski definition) is 2. The average molecular weight is 385 g/mol. The SMILES string of the molecule is Cc1cc(OCCNc2ccncc2)cc(C(=O)N(CCC(=O)O)C(C)C)c1. The van der Waals surface area contributed by atoms with Gasteiger partial charge >= 0.3 is 5.97 Å². The lowest BCUT2D eigenvalue weighted by Gasteiger charge is -2.26. The van der Waals surface area contributed by atoms with Crippen molar-refractivity contribution in [1.29, 1.82) is 0 Å². The van der Waals surface area contributed by atoms with E-state index in [1.54, 1.807) is 29.4 Å². The van der Waals surface area contributed by atoms with E-state index in [-0.39, 0.29) is 24.9 Å². The van der Waals surface area contributed by atoms with Crippen molar-refractivity contribution in [2.24, 2.45) is 0 Å². The molecule has 1 heterocycles. The molecule has 0 bridgehead atoms. The number of carboxylic acid groups (broad SMARTS) is 1. The zero-order valence-electron chi connectivity index (χ0n) is 16.5. The van der Waals surface area contributed by atoms with Crippen LogP contribution in [0.5, 0.6) is 5.75 Å². The van der Waals surface area contributed by atoms with Crippen LogP contribution in [0.1, 0.15) is 36.2 Å². The van der Waals surface area contributed by atoms with Crippen LogP contribution in [-0.2, 0) is 4.79 Å². The molecule has 0 aliphatic rings. The van der Waals surface area contributed by atoms with E-state index in [2.05, 4.69) is 10.3 Å². The van der Waals surface area contributed by atoms with Crippen LogP contribution in [-0.4, -0.2) is 52.6 Å². The van der Waals surface area contributed by atoms with Gasteiger partial charge in [-0.2, -0.15) is 0 Å². The summed E-state index contributed by atoms with van der Waals surface area (Å²) in [5.74, 6) is -0.505. The molecule has 2 rings (SSSR count). The normalized spacial score (nSPS) is 10.6. The summed E-state index contributed by atoms with van der Waals surface area (Å²) in [6.45, 7) is 6.86. The monoisotopic (exact) mass is 385 g/mol. The Kier molecular flexibility index (Phi) is 7.80. The Labute approximate surface area is 165 Å². The van der Waals surface area contributed by atoms with Crippen molar-refractivity contribution < 1.29 is 19.4 Å². The summed E-state index contributed by atoms with van der Waals surface area (Å²) >= 11 is 0. The van der Waals surface area contributed by atoms with Crippen molar-refractivity contribution in [2.45, 2.75) is 33.2 Å². The van der Waals surface area contributed by atoms with Gasteiger partial charge in [0.15, 0.2) is 0 Å².